The zero-order valence-corrected chi connectivity index (χ0v) is 16.9. The Morgan fingerprint density at radius 2 is 1.81 bits per heavy atom. The number of hydrogen-bond acceptors (Lipinski definition) is 5. The summed E-state index contributed by atoms with van der Waals surface area (Å²) in [7, 11) is -7.20. The predicted molar refractivity (Wildman–Crippen MR) is 98.5 cm³/mol. The second kappa shape index (κ2) is 7.66. The summed E-state index contributed by atoms with van der Waals surface area (Å²) in [5.41, 5.74) is 2.40. The van der Waals surface area contributed by atoms with Crippen LogP contribution in [-0.4, -0.2) is 56.3 Å². The molecule has 1 heterocycles. The van der Waals surface area contributed by atoms with E-state index in [1.165, 1.54) is 4.31 Å². The molecule has 1 aliphatic rings. The van der Waals surface area contributed by atoms with Crippen LogP contribution >= 0.6 is 0 Å². The largest absolute Gasteiger partial charge is 0.481 e. The van der Waals surface area contributed by atoms with Crippen molar-refractivity contribution in [1.82, 2.24) is 4.31 Å². The number of sulfonamides is 1. The number of benzene rings is 1. The number of aliphatic carboxylic acids is 1. The Morgan fingerprint density at radius 1 is 1.19 bits per heavy atom. The summed E-state index contributed by atoms with van der Waals surface area (Å²) >= 11 is 0. The van der Waals surface area contributed by atoms with Gasteiger partial charge in [0.2, 0.25) is 10.0 Å². The Kier molecular flexibility index (Phi) is 6.14. The number of nitrogens with zero attached hydrogens (tertiary/aromatic N) is 1. The topological polar surface area (TPSA) is 109 Å². The second-order valence-corrected chi connectivity index (χ2v) is 11.0. The summed E-state index contributed by atoms with van der Waals surface area (Å²) in [6.45, 7) is 5.41. The van der Waals surface area contributed by atoms with Crippen LogP contribution in [0.2, 0.25) is 0 Å². The summed E-state index contributed by atoms with van der Waals surface area (Å²) < 4.78 is 51.4. The van der Waals surface area contributed by atoms with Crippen molar-refractivity contribution in [3.63, 3.8) is 0 Å². The van der Waals surface area contributed by atoms with E-state index in [0.29, 0.717) is 5.56 Å². The summed E-state index contributed by atoms with van der Waals surface area (Å²) in [6.07, 6.45) is 0.199. The first-order chi connectivity index (χ1) is 11.9. The monoisotopic (exact) mass is 403 g/mol. The number of sulfone groups is 1. The maximum atomic E-state index is 13.3. The molecular formula is C17H25NO6S2. The lowest BCUT2D eigenvalue weighted by atomic mass is 10.1. The fraction of sp³-hybridized carbons (Fsp3) is 0.588. The molecule has 1 aromatic rings. The van der Waals surface area contributed by atoms with Crippen LogP contribution in [0.4, 0.5) is 0 Å². The van der Waals surface area contributed by atoms with Crippen molar-refractivity contribution < 1.29 is 26.7 Å². The maximum Gasteiger partial charge on any atom is 0.303 e. The van der Waals surface area contributed by atoms with Gasteiger partial charge in [-0.2, -0.15) is 4.31 Å². The highest BCUT2D eigenvalue weighted by Crippen LogP contribution is 2.28. The van der Waals surface area contributed by atoms with E-state index in [4.69, 9.17) is 5.11 Å². The van der Waals surface area contributed by atoms with E-state index < -0.39 is 31.9 Å². The van der Waals surface area contributed by atoms with Gasteiger partial charge in [-0.05, 0) is 56.4 Å². The lowest BCUT2D eigenvalue weighted by Crippen LogP contribution is -2.42. The smallest absolute Gasteiger partial charge is 0.303 e. The number of rotatable bonds is 7. The van der Waals surface area contributed by atoms with Crippen molar-refractivity contribution in [1.29, 1.82) is 0 Å². The van der Waals surface area contributed by atoms with E-state index in [9.17, 15) is 21.6 Å². The molecule has 0 aromatic heterocycles. The van der Waals surface area contributed by atoms with Gasteiger partial charge >= 0.3 is 5.97 Å². The lowest BCUT2D eigenvalue weighted by Gasteiger charge is -2.28. The average molecular weight is 404 g/mol. The van der Waals surface area contributed by atoms with Crippen LogP contribution in [-0.2, 0) is 24.7 Å². The second-order valence-electron chi connectivity index (χ2n) is 6.87. The van der Waals surface area contributed by atoms with Gasteiger partial charge in [0.15, 0.2) is 9.84 Å². The van der Waals surface area contributed by atoms with Gasteiger partial charge in [0.1, 0.15) is 0 Å². The predicted octanol–water partition coefficient (Wildman–Crippen LogP) is 1.65. The highest BCUT2D eigenvalue weighted by Gasteiger charge is 2.39. The van der Waals surface area contributed by atoms with E-state index in [2.05, 4.69) is 0 Å². The summed E-state index contributed by atoms with van der Waals surface area (Å²) in [4.78, 5) is 11.0. The van der Waals surface area contributed by atoms with Crippen molar-refractivity contribution in [3.8, 4) is 0 Å². The Hall–Kier alpha value is -1.45. The van der Waals surface area contributed by atoms with Crippen molar-refractivity contribution in [2.75, 3.05) is 18.1 Å². The molecule has 26 heavy (non-hydrogen) atoms. The number of carbonyl (C=O) groups is 1. The summed E-state index contributed by atoms with van der Waals surface area (Å²) in [6, 6.07) is 2.75. The highest BCUT2D eigenvalue weighted by molar-refractivity contribution is 7.92. The van der Waals surface area contributed by atoms with E-state index in [1.54, 1.807) is 19.1 Å². The average Bonchev–Trinajstić information content (AvgIpc) is 2.86. The van der Waals surface area contributed by atoms with Gasteiger partial charge in [-0.3, -0.25) is 4.79 Å². The van der Waals surface area contributed by atoms with E-state index >= 15 is 0 Å². The van der Waals surface area contributed by atoms with Gasteiger partial charge in [0.25, 0.3) is 0 Å². The fourth-order valence-electron chi connectivity index (χ4n) is 3.23. The van der Waals surface area contributed by atoms with Crippen LogP contribution in [0.1, 0.15) is 36.0 Å². The molecule has 1 fully saturated rings. The number of hydrogen-bond donors (Lipinski definition) is 1. The maximum absolute atomic E-state index is 13.3. The van der Waals surface area contributed by atoms with Gasteiger partial charge in [-0.1, -0.05) is 6.07 Å². The Morgan fingerprint density at radius 3 is 2.35 bits per heavy atom. The van der Waals surface area contributed by atoms with Crippen LogP contribution in [0.25, 0.3) is 0 Å². The zero-order chi connectivity index (χ0) is 19.7. The van der Waals surface area contributed by atoms with Crippen molar-refractivity contribution in [2.45, 2.75) is 51.0 Å². The van der Waals surface area contributed by atoms with Gasteiger partial charge < -0.3 is 5.11 Å². The summed E-state index contributed by atoms with van der Waals surface area (Å²) in [5, 5.41) is 8.84. The molecular weight excluding hydrogens is 378 g/mol. The van der Waals surface area contributed by atoms with Crippen molar-refractivity contribution in [3.05, 3.63) is 28.8 Å². The third-order valence-corrected chi connectivity index (χ3v) is 8.61. The highest BCUT2D eigenvalue weighted by atomic mass is 32.2. The molecule has 0 spiro atoms. The molecule has 1 aliphatic heterocycles. The third kappa shape index (κ3) is 4.63. The molecule has 0 unspecified atom stereocenters. The molecule has 7 nitrogen and oxygen atoms in total. The molecule has 0 saturated carbocycles. The molecule has 0 amide bonds. The molecule has 1 saturated heterocycles. The minimum absolute atomic E-state index is 0.0127. The Balaban J connectivity index is 2.42. The van der Waals surface area contributed by atoms with Crippen molar-refractivity contribution >= 4 is 25.8 Å². The molecule has 0 radical (unpaired) electrons. The molecule has 1 N–H and O–H groups in total. The van der Waals surface area contributed by atoms with Gasteiger partial charge in [-0.15, -0.1) is 0 Å². The molecule has 146 valence electrons. The van der Waals surface area contributed by atoms with Crippen molar-refractivity contribution in [2.24, 2.45) is 0 Å². The van der Waals surface area contributed by atoms with Crippen LogP contribution in [0.3, 0.4) is 0 Å². The quantitative estimate of drug-likeness (QED) is 0.741. The van der Waals surface area contributed by atoms with Crippen LogP contribution < -0.4 is 0 Å². The Labute approximate surface area is 155 Å². The molecule has 1 atom stereocenters. The molecule has 0 aliphatic carbocycles. The first-order valence-electron chi connectivity index (χ1n) is 8.46. The molecule has 0 bridgehead atoms. The van der Waals surface area contributed by atoms with Gasteiger partial charge in [0.05, 0.1) is 16.4 Å². The fourth-order valence-corrected chi connectivity index (χ4v) is 7.04. The zero-order valence-electron chi connectivity index (χ0n) is 15.2. The van der Waals surface area contributed by atoms with Crippen LogP contribution in [0.15, 0.2) is 17.0 Å². The first-order valence-corrected chi connectivity index (χ1v) is 11.7. The first kappa shape index (κ1) is 20.9. The normalized spacial score (nSPS) is 19.8. The summed E-state index contributed by atoms with van der Waals surface area (Å²) in [5.74, 6) is -1.28. The number of aryl methyl sites for hydroxylation is 3. The molecule has 2 rings (SSSR count). The SMILES string of the molecule is Cc1cc(C)c(S(=O)(=O)N(CCCC(=O)O)[C@@H]2CCS(=O)(=O)C2)cc1C. The van der Waals surface area contributed by atoms with E-state index in [1.807, 2.05) is 13.8 Å². The standard InChI is InChI=1S/C17H25NO6S2/c1-12-9-14(3)16(10-13(12)2)26(23,24)18(7-4-5-17(19)20)15-6-8-25(21,22)11-15/h9-10,15H,4-8,11H2,1-3H3,(H,19,20)/t15-/m1/s1. The third-order valence-electron chi connectivity index (χ3n) is 4.76. The number of carboxylic acid groups (broad SMARTS) is 1. The Bertz CT molecular complexity index is 905. The van der Waals surface area contributed by atoms with E-state index in [0.717, 1.165) is 11.1 Å². The molecule has 1 aromatic carbocycles. The minimum atomic E-state index is -3.93. The van der Waals surface area contributed by atoms with Crippen LogP contribution in [0, 0.1) is 20.8 Å². The van der Waals surface area contributed by atoms with Gasteiger partial charge in [-0.25, -0.2) is 16.8 Å². The lowest BCUT2D eigenvalue weighted by molar-refractivity contribution is -0.137. The van der Waals surface area contributed by atoms with Crippen LogP contribution in [0.5, 0.6) is 0 Å². The number of carboxylic acids is 1. The van der Waals surface area contributed by atoms with Gasteiger partial charge in [0, 0.05) is 19.0 Å². The minimum Gasteiger partial charge on any atom is -0.481 e. The molecule has 9 heteroatoms. The van der Waals surface area contributed by atoms with E-state index in [-0.39, 0.29) is 42.2 Å².